The quantitative estimate of drug-likeness (QED) is 0.537. The molecule has 0 atom stereocenters. The minimum atomic E-state index is -0.195. The van der Waals surface area contributed by atoms with Gasteiger partial charge in [0.15, 0.2) is 17.3 Å². The molecule has 6 heteroatoms. The average molecular weight is 388 g/mol. The number of rotatable bonds is 7. The largest absolute Gasteiger partial charge is 0.493 e. The topological polar surface area (TPSA) is 64.6 Å². The summed E-state index contributed by atoms with van der Waals surface area (Å²) >= 11 is 6.29. The molecule has 0 aliphatic heterocycles. The number of anilines is 1. The standard InChI is InChI=1S/C21H22ClNO4/c1-13(2)27-21-18(22)10-15(11-20(21)26-4)8-9-19(25)16-6-5-7-17(12-16)23-14(3)24/h5-13H,1-4H3,(H,23,24). The second-order valence-corrected chi connectivity index (χ2v) is 6.57. The van der Waals surface area contributed by atoms with Crippen molar-refractivity contribution in [1.29, 1.82) is 0 Å². The average Bonchev–Trinajstić information content (AvgIpc) is 2.60. The zero-order chi connectivity index (χ0) is 20.0. The predicted octanol–water partition coefficient (Wildman–Crippen LogP) is 4.99. The summed E-state index contributed by atoms with van der Waals surface area (Å²) < 4.78 is 11.0. The lowest BCUT2D eigenvalue weighted by molar-refractivity contribution is -0.114. The first-order valence-electron chi connectivity index (χ1n) is 8.44. The highest BCUT2D eigenvalue weighted by atomic mass is 35.5. The van der Waals surface area contributed by atoms with Crippen molar-refractivity contribution in [1.82, 2.24) is 0 Å². The third-order valence-corrected chi connectivity index (χ3v) is 3.78. The van der Waals surface area contributed by atoms with Crippen LogP contribution in [0, 0.1) is 0 Å². The SMILES string of the molecule is COc1cc(C=CC(=O)c2cccc(NC(C)=O)c2)cc(Cl)c1OC(C)C. The minimum absolute atomic E-state index is 0.0461. The van der Waals surface area contributed by atoms with Crippen molar-refractivity contribution in [2.45, 2.75) is 26.9 Å². The van der Waals surface area contributed by atoms with E-state index in [4.69, 9.17) is 21.1 Å². The fourth-order valence-corrected chi connectivity index (χ4v) is 2.67. The number of amides is 1. The van der Waals surface area contributed by atoms with Crippen LogP contribution in [0.1, 0.15) is 36.7 Å². The van der Waals surface area contributed by atoms with E-state index in [1.54, 1.807) is 42.5 Å². The van der Waals surface area contributed by atoms with Gasteiger partial charge in [0.05, 0.1) is 18.2 Å². The third kappa shape index (κ3) is 5.86. The van der Waals surface area contributed by atoms with Crippen LogP contribution in [0.25, 0.3) is 6.08 Å². The molecule has 0 aliphatic carbocycles. The normalized spacial score (nSPS) is 10.9. The number of allylic oxidation sites excluding steroid dienone is 1. The van der Waals surface area contributed by atoms with Crippen LogP contribution < -0.4 is 14.8 Å². The van der Waals surface area contributed by atoms with E-state index >= 15 is 0 Å². The van der Waals surface area contributed by atoms with Crippen molar-refractivity contribution in [3.05, 3.63) is 58.6 Å². The maximum atomic E-state index is 12.4. The van der Waals surface area contributed by atoms with Gasteiger partial charge < -0.3 is 14.8 Å². The van der Waals surface area contributed by atoms with E-state index in [0.717, 1.165) is 0 Å². The summed E-state index contributed by atoms with van der Waals surface area (Å²) in [6.07, 6.45) is 3.05. The van der Waals surface area contributed by atoms with E-state index in [0.29, 0.717) is 33.3 Å². The highest BCUT2D eigenvalue weighted by molar-refractivity contribution is 6.32. The van der Waals surface area contributed by atoms with Crippen molar-refractivity contribution < 1.29 is 19.1 Å². The van der Waals surface area contributed by atoms with Crippen LogP contribution in [0.3, 0.4) is 0 Å². The fraction of sp³-hybridized carbons (Fsp3) is 0.238. The highest BCUT2D eigenvalue weighted by Gasteiger charge is 2.13. The Morgan fingerprint density at radius 2 is 1.93 bits per heavy atom. The maximum absolute atomic E-state index is 12.4. The highest BCUT2D eigenvalue weighted by Crippen LogP contribution is 2.37. The molecule has 2 aromatic rings. The number of methoxy groups -OCH3 is 1. The second kappa shape index (κ2) is 9.24. The van der Waals surface area contributed by atoms with Crippen LogP contribution in [0.4, 0.5) is 5.69 Å². The molecule has 1 N–H and O–H groups in total. The smallest absolute Gasteiger partial charge is 0.221 e. The number of hydrogen-bond donors (Lipinski definition) is 1. The molecule has 0 fully saturated rings. The molecule has 0 heterocycles. The fourth-order valence-electron chi connectivity index (χ4n) is 2.41. The molecule has 142 valence electrons. The van der Waals surface area contributed by atoms with Crippen LogP contribution in [-0.4, -0.2) is 24.9 Å². The Kier molecular flexibility index (Phi) is 7.02. The Morgan fingerprint density at radius 3 is 2.56 bits per heavy atom. The van der Waals surface area contributed by atoms with E-state index in [-0.39, 0.29) is 17.8 Å². The maximum Gasteiger partial charge on any atom is 0.221 e. The van der Waals surface area contributed by atoms with Gasteiger partial charge in [-0.1, -0.05) is 29.8 Å². The zero-order valence-electron chi connectivity index (χ0n) is 15.7. The third-order valence-electron chi connectivity index (χ3n) is 3.50. The van der Waals surface area contributed by atoms with Gasteiger partial charge in [0, 0.05) is 18.2 Å². The van der Waals surface area contributed by atoms with Gasteiger partial charge in [-0.15, -0.1) is 0 Å². The molecule has 0 unspecified atom stereocenters. The van der Waals surface area contributed by atoms with Crippen LogP contribution in [0.15, 0.2) is 42.5 Å². The van der Waals surface area contributed by atoms with E-state index in [9.17, 15) is 9.59 Å². The van der Waals surface area contributed by atoms with Gasteiger partial charge in [-0.2, -0.15) is 0 Å². The molecular formula is C21H22ClNO4. The van der Waals surface area contributed by atoms with Crippen LogP contribution in [-0.2, 0) is 4.79 Å². The summed E-state index contributed by atoms with van der Waals surface area (Å²) in [6, 6.07) is 10.2. The number of ether oxygens (including phenoxy) is 2. The first-order valence-corrected chi connectivity index (χ1v) is 8.82. The number of nitrogens with one attached hydrogen (secondary N) is 1. The van der Waals surface area contributed by atoms with Gasteiger partial charge in [0.1, 0.15) is 0 Å². The summed E-state index contributed by atoms with van der Waals surface area (Å²) in [6.45, 7) is 5.22. The van der Waals surface area contributed by atoms with E-state index < -0.39 is 0 Å². The first-order chi connectivity index (χ1) is 12.8. The molecule has 0 aliphatic rings. The summed E-state index contributed by atoms with van der Waals surface area (Å²) in [7, 11) is 1.53. The van der Waals surface area contributed by atoms with Crippen LogP contribution in [0.5, 0.6) is 11.5 Å². The lowest BCUT2D eigenvalue weighted by Gasteiger charge is -2.15. The number of carbonyl (C=O) groups is 2. The van der Waals surface area contributed by atoms with E-state index in [1.165, 1.54) is 20.1 Å². The Labute approximate surface area is 163 Å². The Hall–Kier alpha value is -2.79. The lowest BCUT2D eigenvalue weighted by atomic mass is 10.1. The van der Waals surface area contributed by atoms with Gasteiger partial charge >= 0.3 is 0 Å². The Morgan fingerprint density at radius 1 is 1.19 bits per heavy atom. The van der Waals surface area contributed by atoms with E-state index in [2.05, 4.69) is 5.32 Å². The van der Waals surface area contributed by atoms with Gasteiger partial charge in [0.25, 0.3) is 0 Å². The van der Waals surface area contributed by atoms with E-state index in [1.807, 2.05) is 13.8 Å². The molecule has 5 nitrogen and oxygen atoms in total. The molecule has 0 radical (unpaired) electrons. The number of ketones is 1. The van der Waals surface area contributed by atoms with Gasteiger partial charge in [-0.25, -0.2) is 0 Å². The molecule has 27 heavy (non-hydrogen) atoms. The van der Waals surface area contributed by atoms with Crippen molar-refractivity contribution in [3.8, 4) is 11.5 Å². The summed E-state index contributed by atoms with van der Waals surface area (Å²) in [4.78, 5) is 23.6. The summed E-state index contributed by atoms with van der Waals surface area (Å²) in [5.74, 6) is 0.581. The number of carbonyl (C=O) groups excluding carboxylic acids is 2. The molecule has 2 rings (SSSR count). The predicted molar refractivity (Wildman–Crippen MR) is 108 cm³/mol. The molecule has 0 bridgehead atoms. The van der Waals surface area contributed by atoms with Crippen molar-refractivity contribution >= 4 is 35.1 Å². The van der Waals surface area contributed by atoms with Crippen LogP contribution >= 0.6 is 11.6 Å². The zero-order valence-corrected chi connectivity index (χ0v) is 16.5. The molecule has 2 aromatic carbocycles. The summed E-state index contributed by atoms with van der Waals surface area (Å²) in [5, 5.41) is 3.06. The first kappa shape index (κ1) is 20.5. The Balaban J connectivity index is 2.23. The molecule has 0 saturated carbocycles. The van der Waals surface area contributed by atoms with Crippen molar-refractivity contribution in [3.63, 3.8) is 0 Å². The molecule has 1 amide bonds. The monoisotopic (exact) mass is 387 g/mol. The molecule has 0 spiro atoms. The number of hydrogen-bond acceptors (Lipinski definition) is 4. The van der Waals surface area contributed by atoms with Gasteiger partial charge in [-0.05, 0) is 49.8 Å². The van der Waals surface area contributed by atoms with Crippen molar-refractivity contribution in [2.24, 2.45) is 0 Å². The van der Waals surface area contributed by atoms with Crippen molar-refractivity contribution in [2.75, 3.05) is 12.4 Å². The molecule has 0 saturated heterocycles. The number of halogens is 1. The molecular weight excluding hydrogens is 366 g/mol. The molecule has 0 aromatic heterocycles. The van der Waals surface area contributed by atoms with Gasteiger partial charge in [-0.3, -0.25) is 9.59 Å². The van der Waals surface area contributed by atoms with Crippen LogP contribution in [0.2, 0.25) is 5.02 Å². The second-order valence-electron chi connectivity index (χ2n) is 6.16. The van der Waals surface area contributed by atoms with Gasteiger partial charge in [0.2, 0.25) is 5.91 Å². The number of benzene rings is 2. The Bertz CT molecular complexity index is 874. The summed E-state index contributed by atoms with van der Waals surface area (Å²) in [5.41, 5.74) is 1.75. The lowest BCUT2D eigenvalue weighted by Crippen LogP contribution is -2.07. The minimum Gasteiger partial charge on any atom is -0.493 e.